The molecular formula is C13H14F2N2O5. The molecule has 3 N–H and O–H groups in total. The standard InChI is InChI=1S/C13H14F2N2O5/c14-9-7(13-20-1-2-21-13)3-8-11(10(9)15)22-17-12(8)16-4-6(19)5-18/h3,6,13,18-19H,1-2,4-5H2,(H,16,17). The molecule has 1 aliphatic rings. The van der Waals surface area contributed by atoms with Gasteiger partial charge in [-0.15, -0.1) is 0 Å². The van der Waals surface area contributed by atoms with Crippen molar-refractivity contribution in [1.29, 1.82) is 0 Å². The number of rotatable bonds is 5. The van der Waals surface area contributed by atoms with Crippen molar-refractivity contribution in [2.24, 2.45) is 0 Å². The number of halogens is 2. The quantitative estimate of drug-likeness (QED) is 0.754. The highest BCUT2D eigenvalue weighted by Crippen LogP contribution is 2.34. The topological polar surface area (TPSA) is 97.0 Å². The molecule has 1 unspecified atom stereocenters. The fourth-order valence-corrected chi connectivity index (χ4v) is 2.15. The SMILES string of the molecule is OCC(O)CNc1noc2c(F)c(F)c(C3OCCO3)cc12. The first-order chi connectivity index (χ1) is 10.6. The molecule has 1 fully saturated rings. The molecule has 120 valence electrons. The number of nitrogens with one attached hydrogen (secondary N) is 1. The van der Waals surface area contributed by atoms with Gasteiger partial charge in [-0.1, -0.05) is 5.16 Å². The van der Waals surface area contributed by atoms with Gasteiger partial charge in [-0.25, -0.2) is 4.39 Å². The number of hydrogen-bond acceptors (Lipinski definition) is 7. The minimum atomic E-state index is -1.19. The summed E-state index contributed by atoms with van der Waals surface area (Å²) in [5, 5.41) is 24.6. The van der Waals surface area contributed by atoms with Gasteiger partial charge in [-0.05, 0) is 6.07 Å². The molecule has 7 nitrogen and oxygen atoms in total. The first-order valence-corrected chi connectivity index (χ1v) is 6.65. The Morgan fingerprint density at radius 1 is 1.32 bits per heavy atom. The number of anilines is 1. The third-order valence-electron chi connectivity index (χ3n) is 3.26. The molecule has 1 aromatic heterocycles. The van der Waals surface area contributed by atoms with Crippen LogP contribution < -0.4 is 5.32 Å². The van der Waals surface area contributed by atoms with Crippen molar-refractivity contribution < 1.29 is 33.0 Å². The van der Waals surface area contributed by atoms with E-state index in [1.807, 2.05) is 0 Å². The Bertz CT molecular complexity index is 672. The largest absolute Gasteiger partial charge is 0.394 e. The van der Waals surface area contributed by atoms with Crippen molar-refractivity contribution in [3.63, 3.8) is 0 Å². The lowest BCUT2D eigenvalue weighted by Gasteiger charge is -2.11. The molecule has 2 aromatic rings. The van der Waals surface area contributed by atoms with E-state index in [9.17, 15) is 13.9 Å². The second kappa shape index (κ2) is 6.13. The molecule has 3 rings (SSSR count). The van der Waals surface area contributed by atoms with E-state index in [0.29, 0.717) is 13.2 Å². The molecule has 0 bridgehead atoms. The summed E-state index contributed by atoms with van der Waals surface area (Å²) < 4.78 is 43.3. The smallest absolute Gasteiger partial charge is 0.207 e. The minimum Gasteiger partial charge on any atom is -0.394 e. The zero-order chi connectivity index (χ0) is 15.7. The van der Waals surface area contributed by atoms with Gasteiger partial charge in [-0.3, -0.25) is 0 Å². The molecule has 1 aliphatic heterocycles. The van der Waals surface area contributed by atoms with Gasteiger partial charge < -0.3 is 29.5 Å². The Hall–Kier alpha value is -1.81. The molecular weight excluding hydrogens is 302 g/mol. The van der Waals surface area contributed by atoms with Gasteiger partial charge in [0, 0.05) is 12.1 Å². The van der Waals surface area contributed by atoms with Gasteiger partial charge in [0.1, 0.15) is 0 Å². The van der Waals surface area contributed by atoms with Crippen LogP contribution in [0.2, 0.25) is 0 Å². The molecule has 1 saturated heterocycles. The molecule has 0 amide bonds. The van der Waals surface area contributed by atoms with Crippen LogP contribution in [-0.2, 0) is 9.47 Å². The van der Waals surface area contributed by atoms with Crippen LogP contribution in [0.5, 0.6) is 0 Å². The van der Waals surface area contributed by atoms with Gasteiger partial charge in [0.2, 0.25) is 11.4 Å². The molecule has 0 saturated carbocycles. The molecule has 0 aliphatic carbocycles. The van der Waals surface area contributed by atoms with Gasteiger partial charge in [0.05, 0.1) is 31.3 Å². The maximum absolute atomic E-state index is 14.1. The third kappa shape index (κ3) is 2.63. The van der Waals surface area contributed by atoms with Crippen molar-refractivity contribution in [3.8, 4) is 0 Å². The monoisotopic (exact) mass is 316 g/mol. The summed E-state index contributed by atoms with van der Waals surface area (Å²) in [6, 6.07) is 1.33. The molecule has 0 spiro atoms. The highest BCUT2D eigenvalue weighted by Gasteiger charge is 2.28. The summed E-state index contributed by atoms with van der Waals surface area (Å²) in [7, 11) is 0. The second-order valence-corrected chi connectivity index (χ2v) is 4.79. The highest BCUT2D eigenvalue weighted by molar-refractivity contribution is 5.89. The fourth-order valence-electron chi connectivity index (χ4n) is 2.15. The Morgan fingerprint density at radius 2 is 2.05 bits per heavy atom. The normalized spacial score (nSPS) is 17.3. The first-order valence-electron chi connectivity index (χ1n) is 6.65. The van der Waals surface area contributed by atoms with Crippen LogP contribution in [0.25, 0.3) is 11.0 Å². The van der Waals surface area contributed by atoms with E-state index in [1.54, 1.807) is 0 Å². The van der Waals surface area contributed by atoms with E-state index in [2.05, 4.69) is 10.5 Å². The Balaban J connectivity index is 1.98. The maximum atomic E-state index is 14.1. The van der Waals surface area contributed by atoms with E-state index >= 15 is 0 Å². The summed E-state index contributed by atoms with van der Waals surface area (Å²) in [4.78, 5) is 0. The summed E-state index contributed by atoms with van der Waals surface area (Å²) in [5.74, 6) is -2.17. The fraction of sp³-hybridized carbons (Fsp3) is 0.462. The van der Waals surface area contributed by atoms with Crippen LogP contribution in [0.1, 0.15) is 11.9 Å². The molecule has 0 radical (unpaired) electrons. The number of fused-ring (bicyclic) bond motifs is 1. The Labute approximate surface area is 123 Å². The molecule has 2 heterocycles. The van der Waals surface area contributed by atoms with E-state index in [0.717, 1.165) is 0 Å². The van der Waals surface area contributed by atoms with Gasteiger partial charge >= 0.3 is 0 Å². The summed E-state index contributed by atoms with van der Waals surface area (Å²) in [6.45, 7) is 0.117. The summed E-state index contributed by atoms with van der Waals surface area (Å²) >= 11 is 0. The van der Waals surface area contributed by atoms with Crippen LogP contribution in [0, 0.1) is 11.6 Å². The number of nitrogens with zero attached hydrogens (tertiary/aromatic N) is 1. The number of hydrogen-bond donors (Lipinski definition) is 3. The zero-order valence-corrected chi connectivity index (χ0v) is 11.4. The molecule has 22 heavy (non-hydrogen) atoms. The van der Waals surface area contributed by atoms with Crippen molar-refractivity contribution in [2.45, 2.75) is 12.4 Å². The lowest BCUT2D eigenvalue weighted by Crippen LogP contribution is -2.23. The van der Waals surface area contributed by atoms with Crippen molar-refractivity contribution in [3.05, 3.63) is 23.3 Å². The van der Waals surface area contributed by atoms with Crippen molar-refractivity contribution in [1.82, 2.24) is 5.16 Å². The maximum Gasteiger partial charge on any atom is 0.207 e. The predicted molar refractivity (Wildman–Crippen MR) is 70.2 cm³/mol. The first kappa shape index (κ1) is 15.1. The zero-order valence-electron chi connectivity index (χ0n) is 11.4. The minimum absolute atomic E-state index is 0.0249. The summed E-state index contributed by atoms with van der Waals surface area (Å²) in [6.07, 6.45) is -2.00. The number of benzene rings is 1. The van der Waals surface area contributed by atoms with Crippen LogP contribution in [0.3, 0.4) is 0 Å². The predicted octanol–water partition coefficient (Wildman–Crippen LogP) is 0.917. The molecule has 9 heteroatoms. The lowest BCUT2D eigenvalue weighted by atomic mass is 10.1. The number of aromatic nitrogens is 1. The summed E-state index contributed by atoms with van der Waals surface area (Å²) in [5.41, 5.74) is -0.434. The van der Waals surface area contributed by atoms with E-state index < -0.39 is 30.6 Å². The van der Waals surface area contributed by atoms with Crippen molar-refractivity contribution in [2.75, 3.05) is 31.7 Å². The third-order valence-corrected chi connectivity index (χ3v) is 3.26. The second-order valence-electron chi connectivity index (χ2n) is 4.79. The number of aliphatic hydroxyl groups excluding tert-OH is 2. The average Bonchev–Trinajstić information content (AvgIpc) is 3.17. The van der Waals surface area contributed by atoms with Crippen LogP contribution in [0.4, 0.5) is 14.6 Å². The van der Waals surface area contributed by atoms with Gasteiger partial charge in [-0.2, -0.15) is 4.39 Å². The highest BCUT2D eigenvalue weighted by atomic mass is 19.2. The average molecular weight is 316 g/mol. The molecule has 1 aromatic carbocycles. The van der Waals surface area contributed by atoms with Crippen molar-refractivity contribution >= 4 is 16.8 Å². The van der Waals surface area contributed by atoms with Gasteiger partial charge in [0.25, 0.3) is 0 Å². The van der Waals surface area contributed by atoms with E-state index in [4.69, 9.17) is 19.1 Å². The van der Waals surface area contributed by atoms with Crippen LogP contribution in [-0.4, -0.2) is 47.8 Å². The molecule has 1 atom stereocenters. The Kier molecular flexibility index (Phi) is 4.21. The van der Waals surface area contributed by atoms with Crippen LogP contribution >= 0.6 is 0 Å². The Morgan fingerprint density at radius 3 is 2.73 bits per heavy atom. The van der Waals surface area contributed by atoms with Gasteiger partial charge in [0.15, 0.2) is 17.9 Å². The number of aliphatic hydroxyl groups is 2. The van der Waals surface area contributed by atoms with Crippen LogP contribution in [0.15, 0.2) is 10.6 Å². The van der Waals surface area contributed by atoms with E-state index in [1.165, 1.54) is 6.07 Å². The van der Waals surface area contributed by atoms with E-state index in [-0.39, 0.29) is 28.9 Å². The number of ether oxygens (including phenoxy) is 2. The lowest BCUT2D eigenvalue weighted by molar-refractivity contribution is -0.0467.